The summed E-state index contributed by atoms with van der Waals surface area (Å²) in [6, 6.07) is 16.4. The first-order chi connectivity index (χ1) is 18.1. The molecule has 3 aromatic carbocycles. The number of halogens is 3. The predicted octanol–water partition coefficient (Wildman–Crippen LogP) is 7.80. The summed E-state index contributed by atoms with van der Waals surface area (Å²) in [4.78, 5) is 13.3. The van der Waals surface area contributed by atoms with Crippen LogP contribution in [0.2, 0.25) is 0 Å². The fourth-order valence-corrected chi connectivity index (χ4v) is 4.71. The lowest BCUT2D eigenvalue weighted by atomic mass is 9.97. The number of carbonyl (C=O) groups excluding carboxylic acids is 1. The number of hydrogen-bond acceptors (Lipinski definition) is 3. The van der Waals surface area contributed by atoms with Crippen LogP contribution in [-0.4, -0.2) is 23.1 Å². The van der Waals surface area contributed by atoms with Gasteiger partial charge in [-0.15, -0.1) is 0 Å². The van der Waals surface area contributed by atoms with E-state index in [-0.39, 0.29) is 17.9 Å². The highest BCUT2D eigenvalue weighted by Gasteiger charge is 2.33. The molecule has 1 aliphatic rings. The van der Waals surface area contributed by atoms with E-state index >= 15 is 0 Å². The Balaban J connectivity index is 1.50. The molecule has 0 unspecified atom stereocenters. The first-order valence-electron chi connectivity index (χ1n) is 12.1. The van der Waals surface area contributed by atoms with Gasteiger partial charge in [-0.3, -0.25) is 4.79 Å². The fourth-order valence-electron chi connectivity index (χ4n) is 4.71. The molecule has 2 heterocycles. The zero-order chi connectivity index (χ0) is 27.1. The number of ether oxygens (including phenoxy) is 2. The third-order valence-electron chi connectivity index (χ3n) is 6.56. The van der Waals surface area contributed by atoms with Crippen molar-refractivity contribution in [2.45, 2.75) is 32.2 Å². The van der Waals surface area contributed by atoms with Gasteiger partial charge in [-0.25, -0.2) is 0 Å². The Kier molecular flexibility index (Phi) is 6.39. The van der Waals surface area contributed by atoms with E-state index in [0.29, 0.717) is 22.6 Å². The van der Waals surface area contributed by atoms with E-state index in [1.54, 1.807) is 42.1 Å². The van der Waals surface area contributed by atoms with Crippen LogP contribution >= 0.6 is 0 Å². The molecule has 38 heavy (non-hydrogen) atoms. The Morgan fingerprint density at radius 3 is 2.55 bits per heavy atom. The number of alkyl halides is 3. The summed E-state index contributed by atoms with van der Waals surface area (Å²) in [5.41, 5.74) is 1.52. The minimum atomic E-state index is -4.45. The number of benzene rings is 3. The topological polar surface area (TPSA) is 40.5 Å². The SMILES string of the molecule is COc1ccc(C(=O)/C=C/c2cn(Cc3ccccc3C(F)(F)F)c3ccccc23)c2c1C=CC(C)(C)O2. The van der Waals surface area contributed by atoms with Crippen molar-refractivity contribution in [1.82, 2.24) is 4.57 Å². The summed E-state index contributed by atoms with van der Waals surface area (Å²) in [6.45, 7) is 3.85. The maximum atomic E-state index is 13.6. The second-order valence-corrected chi connectivity index (χ2v) is 9.68. The molecule has 0 N–H and O–H groups in total. The number of aromatic nitrogens is 1. The Hall–Kier alpha value is -4.26. The molecule has 5 rings (SSSR count). The van der Waals surface area contributed by atoms with Gasteiger partial charge in [0.25, 0.3) is 0 Å². The summed E-state index contributed by atoms with van der Waals surface area (Å²) < 4.78 is 54.1. The van der Waals surface area contributed by atoms with E-state index in [0.717, 1.165) is 22.5 Å². The van der Waals surface area contributed by atoms with Gasteiger partial charge in [0.1, 0.15) is 17.1 Å². The van der Waals surface area contributed by atoms with Gasteiger partial charge in [0.15, 0.2) is 5.78 Å². The molecule has 7 heteroatoms. The first kappa shape index (κ1) is 25.4. The van der Waals surface area contributed by atoms with Crippen molar-refractivity contribution in [3.63, 3.8) is 0 Å². The van der Waals surface area contributed by atoms with Gasteiger partial charge in [-0.05, 0) is 68.0 Å². The lowest BCUT2D eigenvalue weighted by molar-refractivity contribution is -0.138. The standard InChI is InChI=1S/C31H26F3NO3/c1-30(2)17-16-24-28(37-3)15-13-23(29(24)38-30)27(36)14-12-20-18-35(26-11-7-5-9-22(20)26)19-21-8-4-6-10-25(21)31(32,33)34/h4-18H,19H2,1-3H3/b14-12+. The molecule has 194 valence electrons. The van der Waals surface area contributed by atoms with Crippen molar-refractivity contribution >= 4 is 28.8 Å². The molecule has 4 aromatic rings. The Bertz CT molecular complexity index is 1590. The van der Waals surface area contributed by atoms with Crippen molar-refractivity contribution in [3.8, 4) is 11.5 Å². The molecule has 0 radical (unpaired) electrons. The number of fused-ring (bicyclic) bond motifs is 2. The molecule has 4 nitrogen and oxygen atoms in total. The van der Waals surface area contributed by atoms with Crippen LogP contribution in [-0.2, 0) is 12.7 Å². The van der Waals surface area contributed by atoms with Gasteiger partial charge in [0, 0.05) is 29.2 Å². The van der Waals surface area contributed by atoms with Crippen LogP contribution in [0.5, 0.6) is 11.5 Å². The van der Waals surface area contributed by atoms with Crippen LogP contribution < -0.4 is 9.47 Å². The number of hydrogen-bond donors (Lipinski definition) is 0. The van der Waals surface area contributed by atoms with E-state index in [1.807, 2.05) is 50.3 Å². The quantitative estimate of drug-likeness (QED) is 0.194. The minimum absolute atomic E-state index is 0.0409. The molecule has 0 bridgehead atoms. The maximum Gasteiger partial charge on any atom is 0.416 e. The number of nitrogens with zero attached hydrogens (tertiary/aromatic N) is 1. The monoisotopic (exact) mass is 517 g/mol. The zero-order valence-corrected chi connectivity index (χ0v) is 21.2. The molecule has 0 spiro atoms. The fraction of sp³-hybridized carbons (Fsp3) is 0.194. The highest BCUT2D eigenvalue weighted by Crippen LogP contribution is 2.40. The van der Waals surface area contributed by atoms with Crippen molar-refractivity contribution in [3.05, 3.63) is 107 Å². The molecule has 1 aromatic heterocycles. The summed E-state index contributed by atoms with van der Waals surface area (Å²) >= 11 is 0. The van der Waals surface area contributed by atoms with Gasteiger partial charge in [-0.2, -0.15) is 13.2 Å². The van der Waals surface area contributed by atoms with Crippen molar-refractivity contribution in [1.29, 1.82) is 0 Å². The molecule has 0 fully saturated rings. The summed E-state index contributed by atoms with van der Waals surface area (Å²) in [5.74, 6) is 0.807. The van der Waals surface area contributed by atoms with Crippen molar-refractivity contribution in [2.24, 2.45) is 0 Å². The zero-order valence-electron chi connectivity index (χ0n) is 21.2. The van der Waals surface area contributed by atoms with Gasteiger partial charge in [0.05, 0.1) is 23.8 Å². The average molecular weight is 518 g/mol. The van der Waals surface area contributed by atoms with Crippen LogP contribution in [0.3, 0.4) is 0 Å². The lowest BCUT2D eigenvalue weighted by Crippen LogP contribution is -2.28. The predicted molar refractivity (Wildman–Crippen MR) is 143 cm³/mol. The third kappa shape index (κ3) is 4.84. The molecule has 0 amide bonds. The molecule has 0 atom stereocenters. The van der Waals surface area contributed by atoms with E-state index in [9.17, 15) is 18.0 Å². The van der Waals surface area contributed by atoms with E-state index in [2.05, 4.69) is 0 Å². The number of rotatable bonds is 6. The van der Waals surface area contributed by atoms with E-state index in [4.69, 9.17) is 9.47 Å². The normalized spacial score (nSPS) is 14.5. The number of methoxy groups -OCH3 is 1. The lowest BCUT2D eigenvalue weighted by Gasteiger charge is -2.29. The van der Waals surface area contributed by atoms with E-state index < -0.39 is 17.3 Å². The Labute approximate surface area is 218 Å². The molecule has 0 saturated carbocycles. The largest absolute Gasteiger partial charge is 0.496 e. The number of carbonyl (C=O) groups is 1. The average Bonchev–Trinajstić information content (AvgIpc) is 3.23. The molecule has 1 aliphatic heterocycles. The van der Waals surface area contributed by atoms with Crippen LogP contribution in [0.25, 0.3) is 23.1 Å². The Morgan fingerprint density at radius 2 is 1.79 bits per heavy atom. The van der Waals surface area contributed by atoms with Crippen LogP contribution in [0, 0.1) is 0 Å². The minimum Gasteiger partial charge on any atom is -0.496 e. The van der Waals surface area contributed by atoms with Gasteiger partial charge >= 0.3 is 6.18 Å². The maximum absolute atomic E-state index is 13.6. The van der Waals surface area contributed by atoms with Crippen molar-refractivity contribution in [2.75, 3.05) is 7.11 Å². The molecule has 0 aliphatic carbocycles. The Morgan fingerprint density at radius 1 is 1.05 bits per heavy atom. The first-order valence-corrected chi connectivity index (χ1v) is 12.1. The molecular formula is C31H26F3NO3. The highest BCUT2D eigenvalue weighted by atomic mass is 19.4. The molecule has 0 saturated heterocycles. The van der Waals surface area contributed by atoms with Gasteiger partial charge in [0.2, 0.25) is 0 Å². The summed E-state index contributed by atoms with van der Waals surface area (Å²) in [7, 11) is 1.56. The van der Waals surface area contributed by atoms with Gasteiger partial charge in [-0.1, -0.05) is 36.4 Å². The third-order valence-corrected chi connectivity index (χ3v) is 6.56. The smallest absolute Gasteiger partial charge is 0.416 e. The van der Waals surface area contributed by atoms with Crippen molar-refractivity contribution < 1.29 is 27.4 Å². The summed E-state index contributed by atoms with van der Waals surface area (Å²) in [5, 5.41) is 0.832. The number of para-hydroxylation sites is 1. The highest BCUT2D eigenvalue weighted by molar-refractivity contribution is 6.10. The number of allylic oxidation sites excluding steroid dienone is 1. The van der Waals surface area contributed by atoms with E-state index in [1.165, 1.54) is 18.2 Å². The second kappa shape index (κ2) is 9.56. The van der Waals surface area contributed by atoms with Gasteiger partial charge < -0.3 is 14.0 Å². The number of ketones is 1. The second-order valence-electron chi connectivity index (χ2n) is 9.68. The summed E-state index contributed by atoms with van der Waals surface area (Å²) in [6.07, 6.45) is 4.29. The van der Waals surface area contributed by atoms with Crippen LogP contribution in [0.15, 0.2) is 79.0 Å². The molecular weight excluding hydrogens is 491 g/mol. The van der Waals surface area contributed by atoms with Crippen LogP contribution in [0.1, 0.15) is 46.5 Å². The van der Waals surface area contributed by atoms with Crippen LogP contribution in [0.4, 0.5) is 13.2 Å².